The molecule has 0 aliphatic heterocycles. The first-order chi connectivity index (χ1) is 10.1. The quantitative estimate of drug-likeness (QED) is 0.861. The van der Waals surface area contributed by atoms with Crippen LogP contribution in [0.3, 0.4) is 0 Å². The Balaban J connectivity index is 2.01. The predicted molar refractivity (Wildman–Crippen MR) is 84.5 cm³/mol. The number of hydrogen-bond donors (Lipinski definition) is 2. The monoisotopic (exact) mass is 306 g/mol. The summed E-state index contributed by atoms with van der Waals surface area (Å²) in [5.41, 5.74) is 1.96. The van der Waals surface area contributed by atoms with Gasteiger partial charge in [0.2, 0.25) is 0 Å². The van der Waals surface area contributed by atoms with Crippen molar-refractivity contribution in [2.24, 2.45) is 0 Å². The molecule has 2 aromatic rings. The molecule has 0 aliphatic rings. The van der Waals surface area contributed by atoms with Crippen molar-refractivity contribution >= 4 is 11.6 Å². The molecule has 3 N–H and O–H groups in total. The van der Waals surface area contributed by atoms with Crippen LogP contribution in [0.15, 0.2) is 48.5 Å². The minimum absolute atomic E-state index is 0.0380. The van der Waals surface area contributed by atoms with Crippen molar-refractivity contribution in [2.45, 2.75) is 25.6 Å². The van der Waals surface area contributed by atoms with E-state index in [2.05, 4.69) is 5.32 Å². The van der Waals surface area contributed by atoms with Gasteiger partial charge in [-0.25, -0.2) is 0 Å². The molecule has 0 spiro atoms. The van der Waals surface area contributed by atoms with E-state index in [9.17, 15) is 5.11 Å². The average molecular weight is 307 g/mol. The number of quaternary nitrogens is 1. The molecule has 112 valence electrons. The van der Waals surface area contributed by atoms with Gasteiger partial charge >= 0.3 is 0 Å². The SMILES string of the molecule is COc1ccc(Cl)cc1C[NH2+][C@@H](C)[C@@H](O)c1ccccc1. The van der Waals surface area contributed by atoms with Crippen LogP contribution < -0.4 is 10.1 Å². The minimum Gasteiger partial charge on any atom is -0.496 e. The Morgan fingerprint density at radius 1 is 1.19 bits per heavy atom. The minimum atomic E-state index is -0.503. The first-order valence-corrected chi connectivity index (χ1v) is 7.38. The van der Waals surface area contributed by atoms with Crippen LogP contribution in [0, 0.1) is 0 Å². The molecule has 0 aromatic heterocycles. The van der Waals surface area contributed by atoms with Crippen LogP contribution in [0.5, 0.6) is 5.75 Å². The summed E-state index contributed by atoms with van der Waals surface area (Å²) in [6.45, 7) is 2.71. The molecule has 2 rings (SSSR count). The third-order valence-corrected chi connectivity index (χ3v) is 3.83. The van der Waals surface area contributed by atoms with Crippen molar-refractivity contribution < 1.29 is 15.2 Å². The predicted octanol–water partition coefficient (Wildman–Crippen LogP) is 2.53. The summed E-state index contributed by atoms with van der Waals surface area (Å²) in [6, 6.07) is 15.3. The molecule has 0 fully saturated rings. The van der Waals surface area contributed by atoms with Gasteiger partial charge in [0, 0.05) is 10.6 Å². The largest absolute Gasteiger partial charge is 0.496 e. The molecule has 0 heterocycles. The van der Waals surface area contributed by atoms with E-state index in [1.807, 2.05) is 55.5 Å². The second-order valence-electron chi connectivity index (χ2n) is 5.11. The molecule has 0 bridgehead atoms. The van der Waals surface area contributed by atoms with Crippen LogP contribution in [0.4, 0.5) is 0 Å². The Labute approximate surface area is 130 Å². The highest BCUT2D eigenvalue weighted by Crippen LogP contribution is 2.22. The number of nitrogens with two attached hydrogens (primary N) is 1. The molecule has 2 atom stereocenters. The molecule has 21 heavy (non-hydrogen) atoms. The maximum atomic E-state index is 10.4. The van der Waals surface area contributed by atoms with Gasteiger partial charge < -0.3 is 15.2 Å². The van der Waals surface area contributed by atoms with Gasteiger partial charge in [0.25, 0.3) is 0 Å². The Bertz CT molecular complexity index is 574. The third-order valence-electron chi connectivity index (χ3n) is 3.59. The number of methoxy groups -OCH3 is 1. The van der Waals surface area contributed by atoms with Gasteiger partial charge in [0.1, 0.15) is 24.4 Å². The summed E-state index contributed by atoms with van der Waals surface area (Å²) >= 11 is 6.03. The van der Waals surface area contributed by atoms with E-state index in [4.69, 9.17) is 16.3 Å². The van der Waals surface area contributed by atoms with E-state index in [-0.39, 0.29) is 6.04 Å². The number of hydrogen-bond acceptors (Lipinski definition) is 2. The van der Waals surface area contributed by atoms with Gasteiger partial charge in [-0.2, -0.15) is 0 Å². The van der Waals surface area contributed by atoms with Gasteiger partial charge in [-0.15, -0.1) is 0 Å². The lowest BCUT2D eigenvalue weighted by molar-refractivity contribution is -0.709. The van der Waals surface area contributed by atoms with Crippen LogP contribution in [0.2, 0.25) is 5.02 Å². The second-order valence-corrected chi connectivity index (χ2v) is 5.55. The maximum Gasteiger partial charge on any atom is 0.130 e. The third kappa shape index (κ3) is 4.21. The molecule has 3 nitrogen and oxygen atoms in total. The fourth-order valence-corrected chi connectivity index (χ4v) is 2.50. The molecule has 0 radical (unpaired) electrons. The maximum absolute atomic E-state index is 10.4. The Hall–Kier alpha value is -1.55. The standard InChI is InChI=1S/C17H20ClNO2/c1-12(17(20)13-6-4-3-5-7-13)19-11-14-10-15(18)8-9-16(14)21-2/h3-10,12,17,19-20H,11H2,1-2H3/p+1/t12-,17+/m0/s1. The van der Waals surface area contributed by atoms with Crippen LogP contribution >= 0.6 is 11.6 Å². The molecule has 0 unspecified atom stereocenters. The van der Waals surface area contributed by atoms with Gasteiger partial charge in [-0.3, -0.25) is 0 Å². The number of aliphatic hydroxyl groups is 1. The van der Waals surface area contributed by atoms with E-state index in [1.54, 1.807) is 7.11 Å². The number of benzene rings is 2. The van der Waals surface area contributed by atoms with Crippen LogP contribution in [-0.2, 0) is 6.54 Å². The van der Waals surface area contributed by atoms with Gasteiger partial charge in [-0.05, 0) is 30.7 Å². The highest BCUT2D eigenvalue weighted by atomic mass is 35.5. The Morgan fingerprint density at radius 3 is 2.57 bits per heavy atom. The van der Waals surface area contributed by atoms with Crippen LogP contribution in [-0.4, -0.2) is 18.3 Å². The molecule has 0 amide bonds. The van der Waals surface area contributed by atoms with Crippen molar-refractivity contribution in [2.75, 3.05) is 7.11 Å². The van der Waals surface area contributed by atoms with Crippen LogP contribution in [0.25, 0.3) is 0 Å². The van der Waals surface area contributed by atoms with Crippen LogP contribution in [0.1, 0.15) is 24.2 Å². The summed E-state index contributed by atoms with van der Waals surface area (Å²) < 4.78 is 5.34. The van der Waals surface area contributed by atoms with Crippen molar-refractivity contribution in [3.8, 4) is 5.75 Å². The van der Waals surface area contributed by atoms with Gasteiger partial charge in [-0.1, -0.05) is 41.9 Å². The highest BCUT2D eigenvalue weighted by Gasteiger charge is 2.19. The van der Waals surface area contributed by atoms with E-state index in [1.165, 1.54) is 0 Å². The molecule has 2 aromatic carbocycles. The van der Waals surface area contributed by atoms with E-state index in [0.717, 1.165) is 16.9 Å². The lowest BCUT2D eigenvalue weighted by Gasteiger charge is -2.18. The highest BCUT2D eigenvalue weighted by molar-refractivity contribution is 6.30. The van der Waals surface area contributed by atoms with Crippen molar-refractivity contribution in [3.63, 3.8) is 0 Å². The average Bonchev–Trinajstić information content (AvgIpc) is 2.52. The first kappa shape index (κ1) is 15.8. The summed E-state index contributed by atoms with van der Waals surface area (Å²) in [4.78, 5) is 0. The Kier molecular flexibility index (Phi) is 5.62. The van der Waals surface area contributed by atoms with E-state index in [0.29, 0.717) is 11.6 Å². The Morgan fingerprint density at radius 2 is 1.90 bits per heavy atom. The fraction of sp³-hybridized carbons (Fsp3) is 0.294. The summed E-state index contributed by atoms with van der Waals surface area (Å²) in [5.74, 6) is 0.817. The zero-order valence-electron chi connectivity index (χ0n) is 12.3. The smallest absolute Gasteiger partial charge is 0.130 e. The summed E-state index contributed by atoms with van der Waals surface area (Å²) in [6.07, 6.45) is -0.503. The fourth-order valence-electron chi connectivity index (χ4n) is 2.30. The zero-order valence-corrected chi connectivity index (χ0v) is 13.0. The number of aliphatic hydroxyl groups excluding tert-OH is 1. The van der Waals surface area contributed by atoms with E-state index >= 15 is 0 Å². The molecule has 4 heteroatoms. The molecular weight excluding hydrogens is 286 g/mol. The molecule has 0 aliphatic carbocycles. The van der Waals surface area contributed by atoms with Crippen molar-refractivity contribution in [1.29, 1.82) is 0 Å². The topological polar surface area (TPSA) is 46.1 Å². The first-order valence-electron chi connectivity index (χ1n) is 7.00. The number of rotatable bonds is 6. The second kappa shape index (κ2) is 7.46. The molecule has 0 saturated heterocycles. The lowest BCUT2D eigenvalue weighted by atomic mass is 10.0. The van der Waals surface area contributed by atoms with Crippen molar-refractivity contribution in [3.05, 3.63) is 64.7 Å². The number of ether oxygens (including phenoxy) is 1. The zero-order chi connectivity index (χ0) is 15.2. The van der Waals surface area contributed by atoms with Gasteiger partial charge in [0.05, 0.1) is 7.11 Å². The van der Waals surface area contributed by atoms with Crippen molar-refractivity contribution in [1.82, 2.24) is 0 Å². The summed E-state index contributed by atoms with van der Waals surface area (Å²) in [5, 5.41) is 13.1. The number of halogens is 1. The van der Waals surface area contributed by atoms with E-state index < -0.39 is 6.10 Å². The molecule has 0 saturated carbocycles. The lowest BCUT2D eigenvalue weighted by Crippen LogP contribution is -2.89. The molecular formula is C17H21ClNO2+. The summed E-state index contributed by atoms with van der Waals surface area (Å²) in [7, 11) is 1.65. The normalized spacial score (nSPS) is 13.7. The van der Waals surface area contributed by atoms with Gasteiger partial charge in [0.15, 0.2) is 0 Å².